The zero-order valence-corrected chi connectivity index (χ0v) is 19.8. The van der Waals surface area contributed by atoms with Gasteiger partial charge in [-0.2, -0.15) is 8.42 Å². The summed E-state index contributed by atoms with van der Waals surface area (Å²) in [6.07, 6.45) is 3.28. The third-order valence-corrected chi connectivity index (χ3v) is 4.88. The van der Waals surface area contributed by atoms with Gasteiger partial charge in [-0.1, -0.05) is 49.6 Å². The van der Waals surface area contributed by atoms with Crippen LogP contribution in [0.5, 0.6) is 0 Å². The number of carboxylic acids is 2. The molecule has 0 atom stereocenters. The van der Waals surface area contributed by atoms with Gasteiger partial charge in [0.2, 0.25) is 0 Å². The number of carbonyl (C=O) groups is 2. The minimum Gasteiger partial charge on any atom is -0.481 e. The zero-order valence-electron chi connectivity index (χ0n) is 19.0. The fourth-order valence-electron chi connectivity index (χ4n) is 2.35. The second-order valence-corrected chi connectivity index (χ2v) is 8.80. The van der Waals surface area contributed by atoms with Gasteiger partial charge in [-0.25, -0.2) is 4.79 Å². The summed E-state index contributed by atoms with van der Waals surface area (Å²) < 4.78 is 29.6. The maximum atomic E-state index is 10.5. The molecule has 0 saturated carbocycles. The number of rotatable bonds is 8. The van der Waals surface area contributed by atoms with Crippen LogP contribution < -0.4 is 0 Å². The number of carboxylic acid groups (broad SMARTS) is 2. The first-order valence-electron chi connectivity index (χ1n) is 10.1. The van der Waals surface area contributed by atoms with E-state index in [4.69, 9.17) is 14.8 Å². The van der Waals surface area contributed by atoms with Crippen molar-refractivity contribution in [3.8, 4) is 0 Å². The zero-order chi connectivity index (χ0) is 24.7. The van der Waals surface area contributed by atoms with Crippen molar-refractivity contribution in [2.45, 2.75) is 51.0 Å². The number of hydrogen-bond donors (Lipinski definition) is 3. The molecule has 0 aliphatic rings. The fraction of sp³-hybridized carbons (Fsp3) is 0.391. The quantitative estimate of drug-likeness (QED) is 0.386. The molecule has 0 bridgehead atoms. The van der Waals surface area contributed by atoms with E-state index in [0.717, 1.165) is 36.9 Å². The minimum absolute atomic E-state index is 0.0666. The van der Waals surface area contributed by atoms with Crippen LogP contribution in [-0.4, -0.2) is 54.1 Å². The molecule has 0 aromatic heterocycles. The van der Waals surface area contributed by atoms with Gasteiger partial charge in [0, 0.05) is 13.0 Å². The van der Waals surface area contributed by atoms with Gasteiger partial charge < -0.3 is 15.1 Å². The Balaban J connectivity index is 0.000000465. The maximum absolute atomic E-state index is 10.5. The van der Waals surface area contributed by atoms with Crippen LogP contribution in [0.3, 0.4) is 0 Å². The molecule has 0 fully saturated rings. The number of benzene rings is 2. The Labute approximate surface area is 190 Å². The lowest BCUT2D eigenvalue weighted by molar-refractivity contribution is -0.137. The number of nitrogens with zero attached hydrogens (tertiary/aromatic N) is 1. The fourth-order valence-corrected chi connectivity index (χ4v) is 2.83. The summed E-state index contributed by atoms with van der Waals surface area (Å²) in [5.41, 5.74) is 2.41. The highest BCUT2D eigenvalue weighted by Crippen LogP contribution is 2.08. The van der Waals surface area contributed by atoms with Crippen LogP contribution in [-0.2, 0) is 21.5 Å². The van der Waals surface area contributed by atoms with Crippen molar-refractivity contribution in [1.82, 2.24) is 4.90 Å². The van der Waals surface area contributed by atoms with Crippen molar-refractivity contribution in [2.75, 3.05) is 14.1 Å². The molecule has 8 nitrogen and oxygen atoms in total. The van der Waals surface area contributed by atoms with E-state index in [0.29, 0.717) is 12.0 Å². The smallest absolute Gasteiger partial charge is 0.335 e. The van der Waals surface area contributed by atoms with Gasteiger partial charge in [-0.15, -0.1) is 0 Å². The number of unbranched alkanes of at least 4 members (excludes halogenated alkanes) is 2. The molecule has 9 heteroatoms. The van der Waals surface area contributed by atoms with Crippen LogP contribution in [0.15, 0.2) is 53.4 Å². The molecule has 178 valence electrons. The van der Waals surface area contributed by atoms with E-state index in [9.17, 15) is 18.0 Å². The van der Waals surface area contributed by atoms with Gasteiger partial charge in [0.05, 0.1) is 10.5 Å². The molecule has 0 spiro atoms. The third kappa shape index (κ3) is 14.3. The number of hydrogen-bond acceptors (Lipinski definition) is 5. The highest BCUT2D eigenvalue weighted by molar-refractivity contribution is 7.85. The average molecular weight is 468 g/mol. The van der Waals surface area contributed by atoms with Crippen LogP contribution in [0, 0.1) is 6.92 Å². The van der Waals surface area contributed by atoms with Crippen LogP contribution in [0.2, 0.25) is 0 Å². The normalized spacial score (nSPS) is 10.4. The predicted octanol–water partition coefficient (Wildman–Crippen LogP) is 4.34. The van der Waals surface area contributed by atoms with E-state index in [1.165, 1.54) is 12.1 Å². The Morgan fingerprint density at radius 1 is 0.906 bits per heavy atom. The molecular formula is C23H33NO7S. The van der Waals surface area contributed by atoms with Crippen LogP contribution in [0.4, 0.5) is 0 Å². The lowest BCUT2D eigenvalue weighted by Gasteiger charge is -2.09. The monoisotopic (exact) mass is 467 g/mol. The van der Waals surface area contributed by atoms with E-state index in [-0.39, 0.29) is 4.90 Å². The highest BCUT2D eigenvalue weighted by Gasteiger charge is 2.06. The number of aliphatic carboxylic acids is 1. The molecule has 0 saturated heterocycles. The first kappa shape index (κ1) is 29.2. The molecule has 2 aromatic carbocycles. The first-order chi connectivity index (χ1) is 14.9. The summed E-state index contributed by atoms with van der Waals surface area (Å²) in [4.78, 5) is 22.4. The minimum atomic E-state index is -4.02. The first-order valence-corrected chi connectivity index (χ1v) is 11.5. The molecule has 0 radical (unpaired) electrons. The van der Waals surface area contributed by atoms with Gasteiger partial charge in [-0.05, 0) is 57.3 Å². The van der Waals surface area contributed by atoms with E-state index in [2.05, 4.69) is 6.92 Å². The molecular weight excluding hydrogens is 434 g/mol. The SMILES string of the molecule is CCCCCC(=O)O.CN(C)Cc1ccc(C(=O)O)cc1.Cc1ccc(S(=O)(=O)O)cc1. The molecule has 32 heavy (non-hydrogen) atoms. The van der Waals surface area contributed by atoms with Crippen LogP contribution in [0.1, 0.15) is 54.1 Å². The summed E-state index contributed by atoms with van der Waals surface area (Å²) in [7, 11) is -0.0650. The van der Waals surface area contributed by atoms with E-state index in [1.807, 2.05) is 38.1 Å². The van der Waals surface area contributed by atoms with Gasteiger partial charge in [0.15, 0.2) is 0 Å². The van der Waals surface area contributed by atoms with Crippen LogP contribution >= 0.6 is 0 Å². The van der Waals surface area contributed by atoms with Crippen molar-refractivity contribution in [1.29, 1.82) is 0 Å². The Hall–Kier alpha value is -2.75. The molecule has 0 aliphatic carbocycles. The van der Waals surface area contributed by atoms with Crippen molar-refractivity contribution < 1.29 is 32.8 Å². The van der Waals surface area contributed by atoms with Crippen molar-refractivity contribution in [3.63, 3.8) is 0 Å². The largest absolute Gasteiger partial charge is 0.481 e. The molecule has 3 N–H and O–H groups in total. The lowest BCUT2D eigenvalue weighted by atomic mass is 10.1. The topological polar surface area (TPSA) is 132 Å². The van der Waals surface area contributed by atoms with Crippen molar-refractivity contribution in [2.24, 2.45) is 0 Å². The predicted molar refractivity (Wildman–Crippen MR) is 124 cm³/mol. The van der Waals surface area contributed by atoms with Gasteiger partial charge in [-0.3, -0.25) is 9.35 Å². The molecule has 2 rings (SSSR count). The van der Waals surface area contributed by atoms with E-state index < -0.39 is 22.1 Å². The van der Waals surface area contributed by atoms with Gasteiger partial charge in [0.1, 0.15) is 0 Å². The molecule has 0 unspecified atom stereocenters. The Morgan fingerprint density at radius 2 is 1.44 bits per heavy atom. The second kappa shape index (κ2) is 15.1. The Kier molecular flexibility index (Phi) is 13.8. The summed E-state index contributed by atoms with van der Waals surface area (Å²) >= 11 is 0. The van der Waals surface area contributed by atoms with Crippen molar-refractivity contribution in [3.05, 3.63) is 65.2 Å². The molecule has 2 aromatic rings. The summed E-state index contributed by atoms with van der Waals surface area (Å²) in [5.74, 6) is -1.56. The van der Waals surface area contributed by atoms with E-state index in [1.54, 1.807) is 24.3 Å². The van der Waals surface area contributed by atoms with Gasteiger partial charge in [0.25, 0.3) is 10.1 Å². The maximum Gasteiger partial charge on any atom is 0.335 e. The van der Waals surface area contributed by atoms with E-state index >= 15 is 0 Å². The summed E-state index contributed by atoms with van der Waals surface area (Å²) in [6, 6.07) is 12.9. The van der Waals surface area contributed by atoms with Gasteiger partial charge >= 0.3 is 11.9 Å². The summed E-state index contributed by atoms with van der Waals surface area (Å²) in [5, 5.41) is 16.8. The molecule has 0 amide bonds. The van der Waals surface area contributed by atoms with Crippen molar-refractivity contribution >= 4 is 22.1 Å². The second-order valence-electron chi connectivity index (χ2n) is 7.38. The van der Waals surface area contributed by atoms with Crippen LogP contribution in [0.25, 0.3) is 0 Å². The molecule has 0 aliphatic heterocycles. The number of aromatic carboxylic acids is 1. The lowest BCUT2D eigenvalue weighted by Crippen LogP contribution is -2.10. The average Bonchev–Trinajstić information content (AvgIpc) is 2.68. The highest BCUT2D eigenvalue weighted by atomic mass is 32.2. The Bertz CT molecular complexity index is 922. The third-order valence-electron chi connectivity index (χ3n) is 4.01. The standard InChI is InChI=1S/C10H13NO2.C7H8O3S.C6H12O2/c1-11(2)7-8-3-5-9(6-4-8)10(12)13;1-6-2-4-7(5-3-6)11(8,9)10;1-2-3-4-5-6(7)8/h3-6H,7H2,1-2H3,(H,12,13);2-5H,1H3,(H,8,9,10);2-5H2,1H3,(H,7,8). The number of aryl methyl sites for hydroxylation is 1. The molecule has 0 heterocycles. The summed E-state index contributed by atoms with van der Waals surface area (Å²) in [6.45, 7) is 4.73. The Morgan fingerprint density at radius 3 is 1.81 bits per heavy atom.